The molecule has 0 amide bonds. The summed E-state index contributed by atoms with van der Waals surface area (Å²) in [5, 5.41) is 10.3. The molecular formula is C6H5BrN2O2. The van der Waals surface area contributed by atoms with E-state index in [0.29, 0.717) is 5.56 Å². The molecule has 0 N–H and O–H groups in total. The SMILES string of the molecule is Cc1cc(Br)cnc1[N+](=O)[O-]. The molecule has 58 valence electrons. The van der Waals surface area contributed by atoms with Crippen molar-refractivity contribution in [1.29, 1.82) is 0 Å². The molecule has 1 rings (SSSR count). The van der Waals surface area contributed by atoms with E-state index in [0.717, 1.165) is 4.47 Å². The molecule has 1 heterocycles. The zero-order valence-corrected chi connectivity index (χ0v) is 7.33. The molecular weight excluding hydrogens is 212 g/mol. The third-order valence-corrected chi connectivity index (χ3v) is 1.62. The number of pyridine rings is 1. The normalized spacial score (nSPS) is 9.64. The molecule has 0 bridgehead atoms. The first-order valence-electron chi connectivity index (χ1n) is 2.88. The lowest BCUT2D eigenvalue weighted by Crippen LogP contribution is -1.94. The largest absolute Gasteiger partial charge is 0.366 e. The van der Waals surface area contributed by atoms with Gasteiger partial charge in [-0.2, -0.15) is 0 Å². The Hall–Kier alpha value is -0.970. The molecule has 0 aliphatic rings. The molecule has 0 aromatic carbocycles. The van der Waals surface area contributed by atoms with E-state index >= 15 is 0 Å². The monoisotopic (exact) mass is 216 g/mol. The highest BCUT2D eigenvalue weighted by Gasteiger charge is 2.10. The highest BCUT2D eigenvalue weighted by Crippen LogP contribution is 2.17. The Morgan fingerprint density at radius 2 is 2.36 bits per heavy atom. The summed E-state index contributed by atoms with van der Waals surface area (Å²) in [5.74, 6) is -0.0896. The Morgan fingerprint density at radius 1 is 1.73 bits per heavy atom. The van der Waals surface area contributed by atoms with Crippen LogP contribution in [0.25, 0.3) is 0 Å². The predicted octanol–water partition coefficient (Wildman–Crippen LogP) is 2.06. The highest BCUT2D eigenvalue weighted by molar-refractivity contribution is 9.10. The summed E-state index contributed by atoms with van der Waals surface area (Å²) in [7, 11) is 0. The van der Waals surface area contributed by atoms with E-state index in [4.69, 9.17) is 0 Å². The second-order valence-corrected chi connectivity index (χ2v) is 2.97. The maximum Gasteiger partial charge on any atom is 0.366 e. The number of aryl methyl sites for hydroxylation is 1. The Bertz CT molecular complexity index is 301. The Morgan fingerprint density at radius 3 is 2.82 bits per heavy atom. The van der Waals surface area contributed by atoms with Crippen LogP contribution in [0.5, 0.6) is 0 Å². The van der Waals surface area contributed by atoms with E-state index in [1.54, 1.807) is 13.0 Å². The van der Waals surface area contributed by atoms with E-state index < -0.39 is 4.92 Å². The summed E-state index contributed by atoms with van der Waals surface area (Å²) in [6, 6.07) is 1.66. The number of nitro groups is 1. The van der Waals surface area contributed by atoms with Crippen LogP contribution in [0.1, 0.15) is 5.56 Å². The first-order valence-corrected chi connectivity index (χ1v) is 3.67. The second kappa shape index (κ2) is 2.96. The van der Waals surface area contributed by atoms with Crippen LogP contribution in [0.15, 0.2) is 16.7 Å². The lowest BCUT2D eigenvalue weighted by Gasteiger charge is -1.94. The number of hydrogen-bond acceptors (Lipinski definition) is 3. The van der Waals surface area contributed by atoms with Crippen molar-refractivity contribution < 1.29 is 4.92 Å². The molecule has 0 saturated heterocycles. The smallest absolute Gasteiger partial charge is 0.358 e. The summed E-state index contributed by atoms with van der Waals surface area (Å²) in [5.41, 5.74) is 0.560. The van der Waals surface area contributed by atoms with Crippen molar-refractivity contribution in [3.8, 4) is 0 Å². The van der Waals surface area contributed by atoms with Crippen LogP contribution < -0.4 is 0 Å². The van der Waals surface area contributed by atoms with E-state index in [9.17, 15) is 10.1 Å². The summed E-state index contributed by atoms with van der Waals surface area (Å²) in [6.07, 6.45) is 1.41. The first-order chi connectivity index (χ1) is 5.11. The van der Waals surface area contributed by atoms with Gasteiger partial charge in [0.2, 0.25) is 0 Å². The van der Waals surface area contributed by atoms with Gasteiger partial charge in [0.15, 0.2) is 6.20 Å². The van der Waals surface area contributed by atoms with Crippen molar-refractivity contribution in [1.82, 2.24) is 4.98 Å². The molecule has 0 saturated carbocycles. The topological polar surface area (TPSA) is 56.0 Å². The Kier molecular flexibility index (Phi) is 2.19. The van der Waals surface area contributed by atoms with Gasteiger partial charge in [-0.05, 0) is 38.8 Å². The molecule has 0 aliphatic carbocycles. The minimum absolute atomic E-state index is 0.0896. The fourth-order valence-electron chi connectivity index (χ4n) is 0.724. The zero-order valence-electron chi connectivity index (χ0n) is 5.74. The zero-order chi connectivity index (χ0) is 8.43. The predicted molar refractivity (Wildman–Crippen MR) is 43.3 cm³/mol. The minimum atomic E-state index is -0.498. The van der Waals surface area contributed by atoms with E-state index in [1.165, 1.54) is 6.20 Å². The third kappa shape index (κ3) is 1.74. The summed E-state index contributed by atoms with van der Waals surface area (Å²) in [4.78, 5) is 13.4. The maximum absolute atomic E-state index is 10.3. The second-order valence-electron chi connectivity index (χ2n) is 2.05. The number of aromatic nitrogens is 1. The van der Waals surface area contributed by atoms with Gasteiger partial charge in [-0.1, -0.05) is 0 Å². The van der Waals surface area contributed by atoms with Crippen LogP contribution in [0.3, 0.4) is 0 Å². The molecule has 0 unspecified atom stereocenters. The van der Waals surface area contributed by atoms with Gasteiger partial charge in [0.1, 0.15) is 0 Å². The Balaban J connectivity index is 3.20. The van der Waals surface area contributed by atoms with Gasteiger partial charge in [-0.15, -0.1) is 0 Å². The number of rotatable bonds is 1. The van der Waals surface area contributed by atoms with Gasteiger partial charge in [-0.25, -0.2) is 0 Å². The van der Waals surface area contributed by atoms with E-state index in [2.05, 4.69) is 20.9 Å². The molecule has 1 aromatic heterocycles. The van der Waals surface area contributed by atoms with Gasteiger partial charge < -0.3 is 10.1 Å². The lowest BCUT2D eigenvalue weighted by atomic mass is 10.3. The number of halogens is 1. The average Bonchev–Trinajstić information content (AvgIpc) is 1.85. The van der Waals surface area contributed by atoms with E-state index in [1.807, 2.05) is 0 Å². The molecule has 0 aliphatic heterocycles. The van der Waals surface area contributed by atoms with Crippen molar-refractivity contribution in [3.63, 3.8) is 0 Å². The summed E-state index contributed by atoms with van der Waals surface area (Å²) >= 11 is 3.16. The van der Waals surface area contributed by atoms with Crippen LogP contribution >= 0.6 is 15.9 Å². The van der Waals surface area contributed by atoms with Crippen molar-refractivity contribution in [2.24, 2.45) is 0 Å². The number of hydrogen-bond donors (Lipinski definition) is 0. The maximum atomic E-state index is 10.3. The molecule has 0 radical (unpaired) electrons. The van der Waals surface area contributed by atoms with Gasteiger partial charge >= 0.3 is 5.82 Å². The number of nitrogens with zero attached hydrogens (tertiary/aromatic N) is 2. The standard InChI is InChI=1S/C6H5BrN2O2/c1-4-2-5(7)3-8-6(4)9(10)11/h2-3H,1H3. The van der Waals surface area contributed by atoms with Crippen LogP contribution in [0.4, 0.5) is 5.82 Å². The molecule has 5 heteroatoms. The van der Waals surface area contributed by atoms with Crippen LogP contribution in [-0.2, 0) is 0 Å². The summed E-state index contributed by atoms with van der Waals surface area (Å²) in [6.45, 7) is 1.65. The quantitative estimate of drug-likeness (QED) is 0.534. The molecule has 4 nitrogen and oxygen atoms in total. The fourth-order valence-corrected chi connectivity index (χ4v) is 1.17. The first kappa shape index (κ1) is 8.13. The lowest BCUT2D eigenvalue weighted by molar-refractivity contribution is -0.390. The van der Waals surface area contributed by atoms with Crippen LogP contribution in [0, 0.1) is 17.0 Å². The van der Waals surface area contributed by atoms with Crippen molar-refractivity contribution in [3.05, 3.63) is 32.4 Å². The van der Waals surface area contributed by atoms with Gasteiger partial charge in [0.05, 0.1) is 4.47 Å². The molecule has 1 aromatic rings. The molecule has 0 atom stereocenters. The minimum Gasteiger partial charge on any atom is -0.358 e. The van der Waals surface area contributed by atoms with Crippen LogP contribution in [0.2, 0.25) is 0 Å². The van der Waals surface area contributed by atoms with E-state index in [-0.39, 0.29) is 5.82 Å². The van der Waals surface area contributed by atoms with Crippen molar-refractivity contribution in [2.45, 2.75) is 6.92 Å². The van der Waals surface area contributed by atoms with Gasteiger partial charge in [-0.3, -0.25) is 0 Å². The average molecular weight is 217 g/mol. The fraction of sp³-hybridized carbons (Fsp3) is 0.167. The van der Waals surface area contributed by atoms with Crippen LogP contribution in [-0.4, -0.2) is 9.91 Å². The van der Waals surface area contributed by atoms with Gasteiger partial charge in [0.25, 0.3) is 0 Å². The van der Waals surface area contributed by atoms with Gasteiger partial charge in [0, 0.05) is 5.56 Å². The molecule has 11 heavy (non-hydrogen) atoms. The molecule has 0 fully saturated rings. The molecule has 0 spiro atoms. The summed E-state index contributed by atoms with van der Waals surface area (Å²) < 4.78 is 0.751. The Labute approximate surface area is 71.5 Å². The van der Waals surface area contributed by atoms with Crippen molar-refractivity contribution in [2.75, 3.05) is 0 Å². The third-order valence-electron chi connectivity index (χ3n) is 1.19. The van der Waals surface area contributed by atoms with Crippen molar-refractivity contribution >= 4 is 21.7 Å². The highest BCUT2D eigenvalue weighted by atomic mass is 79.9.